The van der Waals surface area contributed by atoms with E-state index in [0.29, 0.717) is 23.5 Å². The van der Waals surface area contributed by atoms with Gasteiger partial charge in [0, 0.05) is 32.5 Å². The van der Waals surface area contributed by atoms with Gasteiger partial charge in [-0.2, -0.15) is 5.26 Å². The monoisotopic (exact) mass is 400 g/mol. The number of nitriles is 1. The number of pyridine rings is 2. The summed E-state index contributed by atoms with van der Waals surface area (Å²) in [7, 11) is 1.70. The summed E-state index contributed by atoms with van der Waals surface area (Å²) in [6.45, 7) is 2.57. The van der Waals surface area contributed by atoms with Crippen molar-refractivity contribution in [3.8, 4) is 6.07 Å². The maximum Gasteiger partial charge on any atom is 0.261 e. The van der Waals surface area contributed by atoms with E-state index in [1.165, 1.54) is 19.0 Å². The molecular weight excluding hydrogens is 376 g/mol. The zero-order chi connectivity index (χ0) is 20.9. The minimum atomic E-state index is -0.102. The quantitative estimate of drug-likeness (QED) is 0.721. The Kier molecular flexibility index (Phi) is 5.84. The summed E-state index contributed by atoms with van der Waals surface area (Å²) < 4.78 is 0. The molecule has 1 amide bonds. The summed E-state index contributed by atoms with van der Waals surface area (Å²) in [5.74, 6) is 1.48. The van der Waals surface area contributed by atoms with E-state index in [2.05, 4.69) is 32.0 Å². The summed E-state index contributed by atoms with van der Waals surface area (Å²) in [5, 5.41) is 8.92. The van der Waals surface area contributed by atoms with Crippen LogP contribution < -0.4 is 9.80 Å². The Morgan fingerprint density at radius 1 is 1.13 bits per heavy atom. The number of carbonyl (C=O) groups is 1. The van der Waals surface area contributed by atoms with E-state index in [1.54, 1.807) is 24.1 Å². The van der Waals surface area contributed by atoms with Crippen LogP contribution in [0.1, 0.15) is 30.4 Å². The number of aryl methyl sites for hydroxylation is 1. The highest BCUT2D eigenvalue weighted by atomic mass is 16.2. The van der Waals surface area contributed by atoms with E-state index in [4.69, 9.17) is 5.26 Å². The van der Waals surface area contributed by atoms with Crippen LogP contribution in [0.2, 0.25) is 0 Å². The van der Waals surface area contributed by atoms with Gasteiger partial charge in [0.1, 0.15) is 17.7 Å². The molecule has 2 fully saturated rings. The average molecular weight is 400 g/mol. The largest absolute Gasteiger partial charge is 0.357 e. The number of amides is 1. The fourth-order valence-electron chi connectivity index (χ4n) is 3.85. The van der Waals surface area contributed by atoms with Crippen LogP contribution in [0.5, 0.6) is 0 Å². The van der Waals surface area contributed by atoms with Crippen molar-refractivity contribution in [3.05, 3.63) is 59.4 Å². The number of allylic oxidation sites excluding steroid dienone is 1. The van der Waals surface area contributed by atoms with Gasteiger partial charge in [-0.3, -0.25) is 14.7 Å². The molecule has 7 nitrogen and oxygen atoms in total. The normalized spacial score (nSPS) is 19.1. The first kappa shape index (κ1) is 19.8. The zero-order valence-electron chi connectivity index (χ0n) is 17.1. The maximum atomic E-state index is 12.9. The number of aromatic nitrogens is 2. The van der Waals surface area contributed by atoms with Gasteiger partial charge in [-0.1, -0.05) is 12.1 Å². The molecule has 2 aliphatic rings. The topological polar surface area (TPSA) is 85.5 Å². The Hall–Kier alpha value is -3.53. The van der Waals surface area contributed by atoms with Crippen molar-refractivity contribution < 1.29 is 4.79 Å². The highest BCUT2D eigenvalue weighted by Gasteiger charge is 2.32. The van der Waals surface area contributed by atoms with E-state index in [0.717, 1.165) is 43.0 Å². The van der Waals surface area contributed by atoms with Crippen LogP contribution in [0.4, 0.5) is 11.6 Å². The lowest BCUT2D eigenvalue weighted by Gasteiger charge is -2.16. The van der Waals surface area contributed by atoms with Crippen LogP contribution in [0, 0.1) is 11.3 Å². The lowest BCUT2D eigenvalue weighted by molar-refractivity contribution is -0.114. The van der Waals surface area contributed by atoms with Crippen LogP contribution in [-0.4, -0.2) is 48.3 Å². The molecular formula is C23H24N6O. The van der Waals surface area contributed by atoms with Gasteiger partial charge in [-0.25, -0.2) is 9.97 Å². The van der Waals surface area contributed by atoms with Crippen LogP contribution in [0.15, 0.2) is 53.3 Å². The fraction of sp³-hybridized carbons (Fsp3) is 0.348. The molecule has 0 bridgehead atoms. The average Bonchev–Trinajstić information content (AvgIpc) is 3.43. The third kappa shape index (κ3) is 4.08. The van der Waals surface area contributed by atoms with Crippen molar-refractivity contribution in [1.29, 1.82) is 5.26 Å². The Morgan fingerprint density at radius 2 is 1.90 bits per heavy atom. The second kappa shape index (κ2) is 8.87. The first-order chi connectivity index (χ1) is 14.7. The van der Waals surface area contributed by atoms with Gasteiger partial charge in [0.25, 0.3) is 5.91 Å². The summed E-state index contributed by atoms with van der Waals surface area (Å²) in [4.78, 5) is 30.0. The molecule has 0 radical (unpaired) electrons. The number of anilines is 2. The molecule has 0 saturated carbocycles. The second-order valence-electron chi connectivity index (χ2n) is 7.45. The minimum absolute atomic E-state index is 0.102. The lowest BCUT2D eigenvalue weighted by Crippen LogP contribution is -2.25. The first-order valence-corrected chi connectivity index (χ1v) is 10.2. The molecule has 0 N–H and O–H groups in total. The molecule has 4 heterocycles. The molecule has 2 aliphatic heterocycles. The van der Waals surface area contributed by atoms with Gasteiger partial charge in [-0.15, -0.1) is 0 Å². The maximum absolute atomic E-state index is 12.9. The van der Waals surface area contributed by atoms with Crippen molar-refractivity contribution in [2.75, 3.05) is 36.5 Å². The van der Waals surface area contributed by atoms with E-state index >= 15 is 0 Å². The number of hydrogen-bond donors (Lipinski definition) is 0. The Labute approximate surface area is 176 Å². The molecule has 152 valence electrons. The van der Waals surface area contributed by atoms with Crippen molar-refractivity contribution in [3.63, 3.8) is 0 Å². The van der Waals surface area contributed by atoms with E-state index in [9.17, 15) is 4.79 Å². The van der Waals surface area contributed by atoms with E-state index in [1.807, 2.05) is 18.3 Å². The molecule has 0 aliphatic carbocycles. The summed E-state index contributed by atoms with van der Waals surface area (Å²) in [6.07, 6.45) is 9.40. The number of nitrogens with zero attached hydrogens (tertiary/aromatic N) is 6. The SMILES string of the molecule is C/N=C1/CN(c2ccc(C#N)cn2)C(=O)/C1=C/CCc1ccc(N2CCCC2)nc1. The third-order valence-corrected chi connectivity index (χ3v) is 5.54. The van der Waals surface area contributed by atoms with Crippen molar-refractivity contribution in [2.24, 2.45) is 4.99 Å². The standard InChI is InChI=1S/C23H24N6O/c1-25-20-16-29(22-10-8-18(13-24)15-27-22)23(30)19(20)6-4-5-17-7-9-21(26-14-17)28-11-2-3-12-28/h6-10,14-15H,2-5,11-12,16H2,1H3/b19-6+,25-20-. The Bertz CT molecular complexity index is 1010. The first-order valence-electron chi connectivity index (χ1n) is 10.2. The van der Waals surface area contributed by atoms with Gasteiger partial charge >= 0.3 is 0 Å². The van der Waals surface area contributed by atoms with Crippen molar-refractivity contribution in [1.82, 2.24) is 9.97 Å². The van der Waals surface area contributed by atoms with Gasteiger partial charge in [0.2, 0.25) is 0 Å². The van der Waals surface area contributed by atoms with E-state index in [-0.39, 0.29) is 5.91 Å². The molecule has 2 aromatic heterocycles. The molecule has 7 heteroatoms. The summed E-state index contributed by atoms with van der Waals surface area (Å²) in [6, 6.07) is 9.61. The minimum Gasteiger partial charge on any atom is -0.357 e. The van der Waals surface area contributed by atoms with Crippen molar-refractivity contribution in [2.45, 2.75) is 25.7 Å². The molecule has 0 atom stereocenters. The number of rotatable bonds is 5. The molecule has 30 heavy (non-hydrogen) atoms. The molecule has 0 aromatic carbocycles. The lowest BCUT2D eigenvalue weighted by atomic mass is 10.1. The predicted octanol–water partition coefficient (Wildman–Crippen LogP) is 2.93. The number of aliphatic imine (C=N–C) groups is 1. The van der Waals surface area contributed by atoms with Gasteiger partial charge in [0.15, 0.2) is 0 Å². The van der Waals surface area contributed by atoms with Crippen molar-refractivity contribution >= 4 is 23.3 Å². The van der Waals surface area contributed by atoms with Gasteiger partial charge in [0.05, 0.1) is 23.4 Å². The van der Waals surface area contributed by atoms with Crippen LogP contribution >= 0.6 is 0 Å². The van der Waals surface area contributed by atoms with E-state index < -0.39 is 0 Å². The molecule has 4 rings (SSSR count). The van der Waals surface area contributed by atoms with Gasteiger partial charge < -0.3 is 4.90 Å². The highest BCUT2D eigenvalue weighted by molar-refractivity contribution is 6.33. The van der Waals surface area contributed by atoms with Gasteiger partial charge in [-0.05, 0) is 49.4 Å². The van der Waals surface area contributed by atoms with Crippen LogP contribution in [0.25, 0.3) is 0 Å². The molecule has 2 saturated heterocycles. The highest BCUT2D eigenvalue weighted by Crippen LogP contribution is 2.23. The molecule has 2 aromatic rings. The van der Waals surface area contributed by atoms with Crippen LogP contribution in [-0.2, 0) is 11.2 Å². The summed E-state index contributed by atoms with van der Waals surface area (Å²) in [5.41, 5.74) is 3.01. The fourth-order valence-corrected chi connectivity index (χ4v) is 3.85. The smallest absolute Gasteiger partial charge is 0.261 e. The summed E-state index contributed by atoms with van der Waals surface area (Å²) >= 11 is 0. The number of carbonyl (C=O) groups excluding carboxylic acids is 1. The predicted molar refractivity (Wildman–Crippen MR) is 117 cm³/mol. The van der Waals surface area contributed by atoms with Crippen LogP contribution in [0.3, 0.4) is 0 Å². The third-order valence-electron chi connectivity index (χ3n) is 5.54. The zero-order valence-corrected chi connectivity index (χ0v) is 17.1. The second-order valence-corrected chi connectivity index (χ2v) is 7.45. The molecule has 0 spiro atoms. The number of hydrogen-bond acceptors (Lipinski definition) is 6. The Morgan fingerprint density at radius 3 is 2.53 bits per heavy atom. The molecule has 0 unspecified atom stereocenters. The Balaban J connectivity index is 1.42.